The second-order valence-electron chi connectivity index (χ2n) is 13.8. The van der Waals surface area contributed by atoms with Crippen LogP contribution < -0.4 is 5.32 Å². The van der Waals surface area contributed by atoms with Crippen molar-refractivity contribution in [1.29, 1.82) is 0 Å². The molecule has 0 unspecified atom stereocenters. The average Bonchev–Trinajstić information content (AvgIpc) is 3.82. The number of nitrogens with one attached hydrogen (secondary N) is 1. The van der Waals surface area contributed by atoms with Crippen LogP contribution in [0.25, 0.3) is 0 Å². The van der Waals surface area contributed by atoms with Crippen molar-refractivity contribution in [2.45, 2.75) is 68.5 Å². The molecular weight excluding hydrogens is 658 g/mol. The summed E-state index contributed by atoms with van der Waals surface area (Å²) in [6.45, 7) is 7.58. The molecule has 3 aromatic carbocycles. The lowest BCUT2D eigenvalue weighted by Crippen LogP contribution is -2.59. The highest BCUT2D eigenvalue weighted by Gasteiger charge is 2.75. The van der Waals surface area contributed by atoms with Gasteiger partial charge in [0.05, 0.1) is 36.6 Å². The molecule has 0 radical (unpaired) electrons. The van der Waals surface area contributed by atoms with Crippen LogP contribution in [0.15, 0.2) is 116 Å². The molecule has 3 heterocycles. The maximum atomic E-state index is 14.9. The highest BCUT2D eigenvalue weighted by molar-refractivity contribution is 5.99. The van der Waals surface area contributed by atoms with Crippen LogP contribution in [0.4, 0.5) is 0 Å². The fourth-order valence-corrected chi connectivity index (χ4v) is 8.21. The van der Waals surface area contributed by atoms with E-state index in [1.807, 2.05) is 91.0 Å². The number of ether oxygens (including phenoxy) is 2. The van der Waals surface area contributed by atoms with Gasteiger partial charge in [0.2, 0.25) is 17.7 Å². The summed E-state index contributed by atoms with van der Waals surface area (Å²) in [5.74, 6) is -3.39. The van der Waals surface area contributed by atoms with Crippen LogP contribution >= 0.6 is 0 Å². The number of hydrogen-bond donors (Lipinski definition) is 2. The Labute approximate surface area is 305 Å². The molecule has 0 aromatic heterocycles. The number of fused-ring (bicyclic) bond motifs is 1. The van der Waals surface area contributed by atoms with Crippen molar-refractivity contribution in [2.24, 2.45) is 11.8 Å². The van der Waals surface area contributed by atoms with Crippen LogP contribution in [0.3, 0.4) is 0 Å². The number of hydrogen-bond acceptors (Lipinski definition) is 7. The number of aliphatic hydroxyl groups excluding tert-OH is 1. The van der Waals surface area contributed by atoms with Gasteiger partial charge in [0, 0.05) is 19.5 Å². The molecule has 6 rings (SSSR count). The fourth-order valence-electron chi connectivity index (χ4n) is 8.21. The van der Waals surface area contributed by atoms with Crippen molar-refractivity contribution in [3.8, 4) is 0 Å². The van der Waals surface area contributed by atoms with Gasteiger partial charge in [-0.2, -0.15) is 0 Å². The predicted octanol–water partition coefficient (Wildman–Crippen LogP) is 4.55. The van der Waals surface area contributed by atoms with Crippen molar-refractivity contribution in [3.63, 3.8) is 0 Å². The summed E-state index contributed by atoms with van der Waals surface area (Å²) in [5.41, 5.74) is 1.27. The summed E-state index contributed by atoms with van der Waals surface area (Å²) in [6.07, 6.45) is 4.54. The van der Waals surface area contributed by atoms with Crippen LogP contribution in [-0.2, 0) is 41.6 Å². The van der Waals surface area contributed by atoms with E-state index in [2.05, 4.69) is 18.5 Å². The summed E-state index contributed by atoms with van der Waals surface area (Å²) in [6, 6.07) is 25.8. The number of esters is 1. The number of allylic oxidation sites excluding steroid dienone is 1. The Morgan fingerprint density at radius 1 is 0.981 bits per heavy atom. The lowest BCUT2D eigenvalue weighted by molar-refractivity contribution is -0.151. The van der Waals surface area contributed by atoms with E-state index >= 15 is 0 Å². The third-order valence-corrected chi connectivity index (χ3v) is 10.6. The van der Waals surface area contributed by atoms with Crippen LogP contribution in [-0.4, -0.2) is 82.1 Å². The highest BCUT2D eigenvalue weighted by atomic mass is 16.5. The minimum absolute atomic E-state index is 0.0966. The van der Waals surface area contributed by atoms with Crippen molar-refractivity contribution in [2.75, 3.05) is 19.8 Å². The number of nitrogens with zero attached hydrogens (tertiary/aromatic N) is 2. The van der Waals surface area contributed by atoms with Gasteiger partial charge >= 0.3 is 5.97 Å². The first-order valence-corrected chi connectivity index (χ1v) is 18.0. The predicted molar refractivity (Wildman–Crippen MR) is 195 cm³/mol. The van der Waals surface area contributed by atoms with Gasteiger partial charge in [-0.3, -0.25) is 19.2 Å². The lowest BCUT2D eigenvalue weighted by Gasteiger charge is -2.39. The van der Waals surface area contributed by atoms with Crippen LogP contribution in [0, 0.1) is 11.8 Å². The number of rotatable bonds is 17. The third-order valence-electron chi connectivity index (χ3n) is 10.6. The first-order chi connectivity index (χ1) is 25.3. The van der Waals surface area contributed by atoms with Crippen LogP contribution in [0.1, 0.15) is 48.4 Å². The van der Waals surface area contributed by atoms with Gasteiger partial charge in [-0.1, -0.05) is 103 Å². The Balaban J connectivity index is 1.34. The SMILES string of the molecule is C=CCCC(=O)OC[C@@H](NC(=O)[C@@H]1[C@@H]2CC[C@]3(O2)[C@H](C(=O)N(CC=C)Cc2ccccc2)N([C@@H](CO)Cc2ccccc2)C(=O)[C@@H]13)c1ccccc1. The van der Waals surface area contributed by atoms with Gasteiger partial charge in [-0.25, -0.2) is 0 Å². The standard InChI is InChI=1S/C42H47N3O7/c1-3-5-21-35(47)51-28-33(31-19-13-8-14-20-31)43-39(48)36-34-22-23-42(52-34)37(36)40(49)45(32(27-46)25-29-15-9-6-10-16-29)38(42)41(50)44(24-4-2)26-30-17-11-7-12-18-30/h3-4,6-20,32-34,36-38,46H,1-2,5,21-28H2,(H,43,48)/t32-,33-,34+,36-,37-,38+,42-/m1/s1. The molecule has 10 heteroatoms. The number of likely N-dealkylation sites (tertiary alicyclic amines) is 1. The molecule has 3 saturated heterocycles. The van der Waals surface area contributed by atoms with Crippen LogP contribution in [0.2, 0.25) is 0 Å². The number of benzene rings is 3. The molecule has 7 atom stereocenters. The number of amides is 3. The van der Waals surface area contributed by atoms with Crippen molar-refractivity contribution in [3.05, 3.63) is 133 Å². The fraction of sp³-hybridized carbons (Fsp3) is 0.381. The van der Waals surface area contributed by atoms with Crippen LogP contribution in [0.5, 0.6) is 0 Å². The Kier molecular flexibility index (Phi) is 11.7. The molecule has 3 aliphatic heterocycles. The highest BCUT2D eigenvalue weighted by Crippen LogP contribution is 2.59. The quantitative estimate of drug-likeness (QED) is 0.156. The molecule has 0 aliphatic carbocycles. The zero-order chi connectivity index (χ0) is 36.7. The van der Waals surface area contributed by atoms with Crippen molar-refractivity contribution in [1.82, 2.24) is 15.1 Å². The van der Waals surface area contributed by atoms with Gasteiger partial charge in [-0.15, -0.1) is 13.2 Å². The lowest BCUT2D eigenvalue weighted by atomic mass is 9.70. The second kappa shape index (κ2) is 16.5. The normalized spacial score (nSPS) is 24.1. The molecule has 3 aromatic rings. The van der Waals surface area contributed by atoms with E-state index in [-0.39, 0.29) is 44.5 Å². The monoisotopic (exact) mass is 705 g/mol. The number of aliphatic hydroxyl groups is 1. The summed E-state index contributed by atoms with van der Waals surface area (Å²) in [7, 11) is 0. The summed E-state index contributed by atoms with van der Waals surface area (Å²) >= 11 is 0. The average molecular weight is 706 g/mol. The molecule has 272 valence electrons. The second-order valence-corrected chi connectivity index (χ2v) is 13.8. The van der Waals surface area contributed by atoms with E-state index in [4.69, 9.17) is 9.47 Å². The van der Waals surface area contributed by atoms with Gasteiger partial charge in [0.1, 0.15) is 18.2 Å². The molecule has 52 heavy (non-hydrogen) atoms. The molecule has 0 saturated carbocycles. The zero-order valence-electron chi connectivity index (χ0n) is 29.3. The Morgan fingerprint density at radius 2 is 1.63 bits per heavy atom. The number of carbonyl (C=O) groups excluding carboxylic acids is 4. The third kappa shape index (κ3) is 7.45. The molecule has 3 aliphatic rings. The molecule has 2 N–H and O–H groups in total. The topological polar surface area (TPSA) is 125 Å². The van der Waals surface area contributed by atoms with Gasteiger partial charge < -0.3 is 29.7 Å². The Morgan fingerprint density at radius 3 is 2.27 bits per heavy atom. The Bertz CT molecular complexity index is 1740. The van der Waals surface area contributed by atoms with Crippen molar-refractivity contribution < 1.29 is 33.8 Å². The van der Waals surface area contributed by atoms with E-state index in [0.717, 1.165) is 16.7 Å². The van der Waals surface area contributed by atoms with E-state index in [9.17, 15) is 24.3 Å². The van der Waals surface area contributed by atoms with Gasteiger partial charge in [0.15, 0.2) is 0 Å². The summed E-state index contributed by atoms with van der Waals surface area (Å²) in [4.78, 5) is 59.9. The molecule has 10 nitrogen and oxygen atoms in total. The van der Waals surface area contributed by atoms with Crippen molar-refractivity contribution >= 4 is 23.7 Å². The molecule has 3 fully saturated rings. The minimum atomic E-state index is -1.28. The van der Waals surface area contributed by atoms with Gasteiger partial charge in [-0.05, 0) is 42.4 Å². The zero-order valence-corrected chi connectivity index (χ0v) is 29.3. The first-order valence-electron chi connectivity index (χ1n) is 18.0. The first kappa shape index (κ1) is 36.7. The van der Waals surface area contributed by atoms with E-state index < -0.39 is 53.5 Å². The smallest absolute Gasteiger partial charge is 0.306 e. The number of carbonyl (C=O) groups is 4. The molecule has 2 bridgehead atoms. The summed E-state index contributed by atoms with van der Waals surface area (Å²) in [5, 5.41) is 13.9. The largest absolute Gasteiger partial charge is 0.463 e. The maximum absolute atomic E-state index is 14.9. The van der Waals surface area contributed by atoms with E-state index in [0.29, 0.717) is 25.7 Å². The summed E-state index contributed by atoms with van der Waals surface area (Å²) < 4.78 is 12.3. The molecule has 1 spiro atoms. The van der Waals surface area contributed by atoms with E-state index in [1.165, 1.54) is 4.90 Å². The van der Waals surface area contributed by atoms with Gasteiger partial charge in [0.25, 0.3) is 0 Å². The molecular formula is C42H47N3O7. The molecule has 3 amide bonds. The minimum Gasteiger partial charge on any atom is -0.463 e. The maximum Gasteiger partial charge on any atom is 0.306 e. The Hall–Kier alpha value is -5.06. The van der Waals surface area contributed by atoms with E-state index in [1.54, 1.807) is 17.1 Å².